The standard InChI is InChI=1S/C12H22O3/c1-3-5-7-11(9-13)15-12(10-14)8-6-4-2/h9-10,13-14H,3-8H2,1-2H3. The summed E-state index contributed by atoms with van der Waals surface area (Å²) < 4.78 is 5.38. The Bertz CT molecular complexity index is 185. The summed E-state index contributed by atoms with van der Waals surface area (Å²) >= 11 is 0. The van der Waals surface area contributed by atoms with Gasteiger partial charge < -0.3 is 14.9 Å². The normalized spacial score (nSPS) is 12.9. The maximum Gasteiger partial charge on any atom is 0.138 e. The number of aliphatic hydroxyl groups excluding tert-OH is 2. The van der Waals surface area contributed by atoms with Gasteiger partial charge in [-0.3, -0.25) is 0 Å². The third-order valence-electron chi connectivity index (χ3n) is 2.10. The molecule has 0 aliphatic rings. The Morgan fingerprint density at radius 1 is 0.933 bits per heavy atom. The molecule has 0 fully saturated rings. The van der Waals surface area contributed by atoms with E-state index in [4.69, 9.17) is 14.9 Å². The Hall–Kier alpha value is -1.12. The zero-order valence-corrected chi connectivity index (χ0v) is 9.70. The lowest BCUT2D eigenvalue weighted by Crippen LogP contribution is -1.95. The molecule has 3 heteroatoms. The largest absolute Gasteiger partial charge is 0.512 e. The highest BCUT2D eigenvalue weighted by Gasteiger charge is 2.03. The van der Waals surface area contributed by atoms with Crippen LogP contribution in [0.1, 0.15) is 52.4 Å². The predicted molar refractivity (Wildman–Crippen MR) is 61.6 cm³/mol. The van der Waals surface area contributed by atoms with E-state index in [2.05, 4.69) is 13.8 Å². The van der Waals surface area contributed by atoms with Gasteiger partial charge in [-0.05, 0) is 12.8 Å². The Kier molecular flexibility index (Phi) is 8.73. The van der Waals surface area contributed by atoms with Crippen molar-refractivity contribution in [2.24, 2.45) is 0 Å². The van der Waals surface area contributed by atoms with Gasteiger partial charge >= 0.3 is 0 Å². The van der Waals surface area contributed by atoms with E-state index in [-0.39, 0.29) is 0 Å². The van der Waals surface area contributed by atoms with E-state index in [1.54, 1.807) is 0 Å². The lowest BCUT2D eigenvalue weighted by Gasteiger charge is -2.10. The number of hydrogen-bond donors (Lipinski definition) is 2. The Morgan fingerprint density at radius 3 is 1.60 bits per heavy atom. The SMILES string of the molecule is CCCCC(=CO)OC(=CO)CCCC. The third kappa shape index (κ3) is 6.89. The molecule has 0 amide bonds. The summed E-state index contributed by atoms with van der Waals surface area (Å²) in [6.45, 7) is 4.16. The molecule has 15 heavy (non-hydrogen) atoms. The number of ether oxygens (including phenoxy) is 1. The van der Waals surface area contributed by atoms with Gasteiger partial charge in [-0.1, -0.05) is 26.7 Å². The van der Waals surface area contributed by atoms with Crippen LogP contribution in [-0.2, 0) is 4.74 Å². The Labute approximate surface area is 92.1 Å². The summed E-state index contributed by atoms with van der Waals surface area (Å²) in [7, 11) is 0. The fraction of sp³-hybridized carbons (Fsp3) is 0.667. The van der Waals surface area contributed by atoms with E-state index >= 15 is 0 Å². The summed E-state index contributed by atoms with van der Waals surface area (Å²) in [6, 6.07) is 0. The molecule has 0 rings (SSSR count). The highest BCUT2D eigenvalue weighted by molar-refractivity contribution is 4.96. The molecule has 0 atom stereocenters. The lowest BCUT2D eigenvalue weighted by molar-refractivity contribution is 0.239. The van der Waals surface area contributed by atoms with Crippen molar-refractivity contribution in [1.82, 2.24) is 0 Å². The predicted octanol–water partition coefficient (Wildman–Crippen LogP) is 4.18. The summed E-state index contributed by atoms with van der Waals surface area (Å²) in [6.07, 6.45) is 7.41. The molecule has 0 aromatic rings. The van der Waals surface area contributed by atoms with Crippen LogP contribution < -0.4 is 0 Å². The van der Waals surface area contributed by atoms with Crippen LogP contribution in [0.2, 0.25) is 0 Å². The lowest BCUT2D eigenvalue weighted by atomic mass is 10.2. The number of aliphatic hydroxyl groups is 2. The van der Waals surface area contributed by atoms with Crippen molar-refractivity contribution in [1.29, 1.82) is 0 Å². The maximum absolute atomic E-state index is 8.93. The number of hydrogen-bond acceptors (Lipinski definition) is 3. The van der Waals surface area contributed by atoms with E-state index in [9.17, 15) is 0 Å². The molecule has 0 unspecified atom stereocenters. The first kappa shape index (κ1) is 13.9. The van der Waals surface area contributed by atoms with Gasteiger partial charge in [0.05, 0.1) is 0 Å². The molecule has 0 aromatic carbocycles. The van der Waals surface area contributed by atoms with Gasteiger partial charge in [0, 0.05) is 12.8 Å². The van der Waals surface area contributed by atoms with Crippen molar-refractivity contribution in [3.8, 4) is 0 Å². The maximum atomic E-state index is 8.93. The van der Waals surface area contributed by atoms with Crippen molar-refractivity contribution < 1.29 is 14.9 Å². The number of unbranched alkanes of at least 4 members (excludes halogenated alkanes) is 2. The van der Waals surface area contributed by atoms with Crippen LogP contribution in [0.3, 0.4) is 0 Å². The molecule has 0 saturated carbocycles. The molecule has 0 aromatic heterocycles. The summed E-state index contributed by atoms with van der Waals surface area (Å²) in [4.78, 5) is 0. The third-order valence-corrected chi connectivity index (χ3v) is 2.10. The highest BCUT2D eigenvalue weighted by Crippen LogP contribution is 2.16. The second kappa shape index (κ2) is 9.44. The molecule has 0 heterocycles. The minimum absolute atomic E-state index is 0.522. The van der Waals surface area contributed by atoms with Crippen molar-refractivity contribution >= 4 is 0 Å². The average Bonchev–Trinajstić information content (AvgIpc) is 2.28. The van der Waals surface area contributed by atoms with Gasteiger partial charge in [-0.2, -0.15) is 0 Å². The van der Waals surface area contributed by atoms with Gasteiger partial charge in [0.25, 0.3) is 0 Å². The molecular formula is C12H22O3. The van der Waals surface area contributed by atoms with Crippen LogP contribution in [0.4, 0.5) is 0 Å². The van der Waals surface area contributed by atoms with E-state index in [0.29, 0.717) is 24.4 Å². The van der Waals surface area contributed by atoms with Crippen molar-refractivity contribution in [2.75, 3.05) is 0 Å². The van der Waals surface area contributed by atoms with Crippen molar-refractivity contribution in [3.63, 3.8) is 0 Å². The highest BCUT2D eigenvalue weighted by atomic mass is 16.5. The molecule has 3 nitrogen and oxygen atoms in total. The fourth-order valence-corrected chi connectivity index (χ4v) is 1.15. The van der Waals surface area contributed by atoms with Gasteiger partial charge in [0.2, 0.25) is 0 Å². The first-order valence-electron chi connectivity index (χ1n) is 5.62. The van der Waals surface area contributed by atoms with E-state index in [1.807, 2.05) is 0 Å². The molecule has 0 aliphatic heterocycles. The summed E-state index contributed by atoms with van der Waals surface area (Å²) in [5.41, 5.74) is 0. The molecule has 0 radical (unpaired) electrons. The molecule has 2 N–H and O–H groups in total. The number of rotatable bonds is 8. The van der Waals surface area contributed by atoms with Gasteiger partial charge in [-0.25, -0.2) is 0 Å². The zero-order valence-electron chi connectivity index (χ0n) is 9.70. The van der Waals surface area contributed by atoms with Gasteiger partial charge in [0.15, 0.2) is 0 Å². The van der Waals surface area contributed by atoms with Crippen LogP contribution in [0.5, 0.6) is 0 Å². The molecule has 0 bridgehead atoms. The average molecular weight is 214 g/mol. The second-order valence-electron chi connectivity index (χ2n) is 3.50. The van der Waals surface area contributed by atoms with Crippen LogP contribution >= 0.6 is 0 Å². The van der Waals surface area contributed by atoms with Crippen molar-refractivity contribution in [3.05, 3.63) is 24.0 Å². The van der Waals surface area contributed by atoms with Gasteiger partial charge in [0.1, 0.15) is 24.0 Å². The molecule has 0 aliphatic carbocycles. The van der Waals surface area contributed by atoms with Crippen LogP contribution in [0, 0.1) is 0 Å². The van der Waals surface area contributed by atoms with Gasteiger partial charge in [-0.15, -0.1) is 0 Å². The smallest absolute Gasteiger partial charge is 0.138 e. The second-order valence-corrected chi connectivity index (χ2v) is 3.50. The Balaban J connectivity index is 4.02. The van der Waals surface area contributed by atoms with Crippen LogP contribution in [0.25, 0.3) is 0 Å². The minimum Gasteiger partial charge on any atom is -0.512 e. The first-order chi connectivity index (χ1) is 7.28. The van der Waals surface area contributed by atoms with Crippen LogP contribution in [-0.4, -0.2) is 10.2 Å². The Morgan fingerprint density at radius 2 is 1.33 bits per heavy atom. The first-order valence-corrected chi connectivity index (χ1v) is 5.62. The monoisotopic (exact) mass is 214 g/mol. The molecule has 0 spiro atoms. The number of allylic oxidation sites excluding steroid dienone is 2. The summed E-state index contributed by atoms with van der Waals surface area (Å²) in [5.74, 6) is 1.04. The molecule has 0 saturated heterocycles. The molecular weight excluding hydrogens is 192 g/mol. The summed E-state index contributed by atoms with van der Waals surface area (Å²) in [5, 5.41) is 17.9. The van der Waals surface area contributed by atoms with E-state index in [1.165, 1.54) is 0 Å². The fourth-order valence-electron chi connectivity index (χ4n) is 1.15. The van der Waals surface area contributed by atoms with Crippen molar-refractivity contribution in [2.45, 2.75) is 52.4 Å². The topological polar surface area (TPSA) is 49.7 Å². The quantitative estimate of drug-likeness (QED) is 0.596. The van der Waals surface area contributed by atoms with E-state index < -0.39 is 0 Å². The van der Waals surface area contributed by atoms with Crippen LogP contribution in [0.15, 0.2) is 24.0 Å². The molecule has 88 valence electrons. The zero-order chi connectivity index (χ0) is 11.5. The minimum atomic E-state index is 0.522. The van der Waals surface area contributed by atoms with E-state index in [0.717, 1.165) is 38.2 Å².